The molecule has 5 heteroatoms. The molecule has 20 heavy (non-hydrogen) atoms. The van der Waals surface area contributed by atoms with Gasteiger partial charge in [0.15, 0.2) is 0 Å². The Morgan fingerprint density at radius 1 is 1.15 bits per heavy atom. The summed E-state index contributed by atoms with van der Waals surface area (Å²) < 4.78 is 12.7. The lowest BCUT2D eigenvalue weighted by atomic mass is 10.1. The third-order valence-electron chi connectivity index (χ3n) is 3.18. The van der Waals surface area contributed by atoms with Crippen LogP contribution in [0.25, 0.3) is 0 Å². The fourth-order valence-electron chi connectivity index (χ4n) is 2.13. The van der Waals surface area contributed by atoms with Gasteiger partial charge in [-0.2, -0.15) is 0 Å². The second kappa shape index (κ2) is 6.84. The molecule has 0 aliphatic heterocycles. The third-order valence-corrected chi connectivity index (χ3v) is 3.18. The molecule has 1 aliphatic carbocycles. The molecule has 0 radical (unpaired) electrons. The molecular formula is C15H17FN2O2. The van der Waals surface area contributed by atoms with E-state index in [0.29, 0.717) is 12.0 Å². The summed E-state index contributed by atoms with van der Waals surface area (Å²) in [6.07, 6.45) is 6.56. The first-order valence-electron chi connectivity index (χ1n) is 6.62. The number of hydrazine groups is 1. The summed E-state index contributed by atoms with van der Waals surface area (Å²) >= 11 is 0. The first kappa shape index (κ1) is 14.2. The van der Waals surface area contributed by atoms with Crippen LogP contribution in [0.15, 0.2) is 36.4 Å². The summed E-state index contributed by atoms with van der Waals surface area (Å²) in [5, 5.41) is 0. The zero-order chi connectivity index (χ0) is 14.4. The standard InChI is InChI=1S/C15H17FN2O2/c16-13-7-5-12(6-8-13)10-15(20)18-17-14(19)9-11-3-1-2-4-11/h1,3,5-8,11H,2,4,9-10H2,(H,17,19)(H,18,20)/t11-/m1/s1. The van der Waals surface area contributed by atoms with E-state index in [2.05, 4.69) is 16.9 Å². The molecule has 1 aromatic rings. The minimum absolute atomic E-state index is 0.101. The van der Waals surface area contributed by atoms with Crippen molar-refractivity contribution in [2.75, 3.05) is 0 Å². The van der Waals surface area contributed by atoms with Gasteiger partial charge in [0.2, 0.25) is 11.8 Å². The number of halogens is 1. The molecule has 0 saturated carbocycles. The minimum atomic E-state index is -0.341. The molecular weight excluding hydrogens is 259 g/mol. The molecule has 1 aromatic carbocycles. The number of nitrogens with one attached hydrogen (secondary N) is 2. The first-order valence-corrected chi connectivity index (χ1v) is 6.62. The van der Waals surface area contributed by atoms with Gasteiger partial charge >= 0.3 is 0 Å². The van der Waals surface area contributed by atoms with Crippen molar-refractivity contribution in [3.8, 4) is 0 Å². The van der Waals surface area contributed by atoms with Gasteiger partial charge in [-0.1, -0.05) is 24.3 Å². The van der Waals surface area contributed by atoms with Crippen molar-refractivity contribution >= 4 is 11.8 Å². The summed E-state index contributed by atoms with van der Waals surface area (Å²) in [6, 6.07) is 5.68. The molecule has 0 aromatic heterocycles. The molecule has 2 amide bonds. The Morgan fingerprint density at radius 2 is 1.85 bits per heavy atom. The molecule has 0 unspecified atom stereocenters. The van der Waals surface area contributed by atoms with Crippen molar-refractivity contribution < 1.29 is 14.0 Å². The van der Waals surface area contributed by atoms with E-state index in [1.54, 1.807) is 12.1 Å². The van der Waals surface area contributed by atoms with Crippen molar-refractivity contribution in [2.45, 2.75) is 25.7 Å². The van der Waals surface area contributed by atoms with Gasteiger partial charge in [0, 0.05) is 6.42 Å². The zero-order valence-electron chi connectivity index (χ0n) is 11.1. The van der Waals surface area contributed by atoms with E-state index in [1.807, 2.05) is 6.08 Å². The normalized spacial score (nSPS) is 16.9. The molecule has 0 heterocycles. The van der Waals surface area contributed by atoms with Gasteiger partial charge in [-0.3, -0.25) is 20.4 Å². The molecule has 2 rings (SSSR count). The Balaban J connectivity index is 1.70. The smallest absolute Gasteiger partial charge is 0.242 e. The quantitative estimate of drug-likeness (QED) is 0.651. The summed E-state index contributed by atoms with van der Waals surface area (Å²) in [5.41, 5.74) is 5.45. The van der Waals surface area contributed by atoms with Crippen molar-refractivity contribution in [1.82, 2.24) is 10.9 Å². The van der Waals surface area contributed by atoms with Crippen molar-refractivity contribution in [3.63, 3.8) is 0 Å². The van der Waals surface area contributed by atoms with Gasteiger partial charge in [0.25, 0.3) is 0 Å². The second-order valence-electron chi connectivity index (χ2n) is 4.87. The highest BCUT2D eigenvalue weighted by molar-refractivity contribution is 5.83. The Labute approximate surface area is 117 Å². The highest BCUT2D eigenvalue weighted by Crippen LogP contribution is 2.19. The molecule has 0 fully saturated rings. The number of hydrogen-bond donors (Lipinski definition) is 2. The topological polar surface area (TPSA) is 58.2 Å². The average molecular weight is 276 g/mol. The summed E-state index contributed by atoms with van der Waals surface area (Å²) in [6.45, 7) is 0. The number of allylic oxidation sites excluding steroid dienone is 2. The van der Waals surface area contributed by atoms with Crippen LogP contribution in [0.4, 0.5) is 4.39 Å². The minimum Gasteiger partial charge on any atom is -0.273 e. The van der Waals surface area contributed by atoms with Crippen LogP contribution in [-0.4, -0.2) is 11.8 Å². The van der Waals surface area contributed by atoms with Gasteiger partial charge in [0.1, 0.15) is 5.82 Å². The van der Waals surface area contributed by atoms with Crippen LogP contribution >= 0.6 is 0 Å². The van der Waals surface area contributed by atoms with Crippen molar-refractivity contribution in [1.29, 1.82) is 0 Å². The maximum absolute atomic E-state index is 12.7. The molecule has 1 aliphatic rings. The highest BCUT2D eigenvalue weighted by atomic mass is 19.1. The van der Waals surface area contributed by atoms with Gasteiger partial charge in [-0.25, -0.2) is 4.39 Å². The number of carbonyl (C=O) groups is 2. The number of carbonyl (C=O) groups excluding carboxylic acids is 2. The fraction of sp³-hybridized carbons (Fsp3) is 0.333. The van der Waals surface area contributed by atoms with Crippen LogP contribution in [0, 0.1) is 11.7 Å². The second-order valence-corrected chi connectivity index (χ2v) is 4.87. The Morgan fingerprint density at radius 3 is 2.50 bits per heavy atom. The van der Waals surface area contributed by atoms with Gasteiger partial charge in [0.05, 0.1) is 6.42 Å². The van der Waals surface area contributed by atoms with Crippen molar-refractivity contribution in [3.05, 3.63) is 47.8 Å². The van der Waals surface area contributed by atoms with Crippen LogP contribution in [0.3, 0.4) is 0 Å². The molecule has 106 valence electrons. The van der Waals surface area contributed by atoms with E-state index >= 15 is 0 Å². The van der Waals surface area contributed by atoms with Gasteiger partial charge < -0.3 is 0 Å². The lowest BCUT2D eigenvalue weighted by molar-refractivity contribution is -0.128. The van der Waals surface area contributed by atoms with Crippen LogP contribution in [0.2, 0.25) is 0 Å². The lowest BCUT2D eigenvalue weighted by Gasteiger charge is -2.10. The van der Waals surface area contributed by atoms with E-state index in [9.17, 15) is 14.0 Å². The van der Waals surface area contributed by atoms with E-state index in [4.69, 9.17) is 0 Å². The fourth-order valence-corrected chi connectivity index (χ4v) is 2.13. The van der Waals surface area contributed by atoms with Crippen LogP contribution in [-0.2, 0) is 16.0 Å². The third kappa shape index (κ3) is 4.50. The summed E-state index contributed by atoms with van der Waals surface area (Å²) in [7, 11) is 0. The largest absolute Gasteiger partial charge is 0.273 e. The highest BCUT2D eigenvalue weighted by Gasteiger charge is 2.14. The Hall–Kier alpha value is -2.17. The summed E-state index contributed by atoms with van der Waals surface area (Å²) in [4.78, 5) is 23.2. The maximum atomic E-state index is 12.7. The van der Waals surface area contributed by atoms with Gasteiger partial charge in [-0.05, 0) is 36.5 Å². The van der Waals surface area contributed by atoms with Gasteiger partial charge in [-0.15, -0.1) is 0 Å². The average Bonchev–Trinajstić information content (AvgIpc) is 2.92. The van der Waals surface area contributed by atoms with Crippen LogP contribution in [0.1, 0.15) is 24.8 Å². The molecule has 0 spiro atoms. The lowest BCUT2D eigenvalue weighted by Crippen LogP contribution is -2.42. The predicted octanol–water partition coefficient (Wildman–Crippen LogP) is 1.87. The number of hydrogen-bond acceptors (Lipinski definition) is 2. The summed E-state index contributed by atoms with van der Waals surface area (Å²) in [5.74, 6) is -0.600. The first-order chi connectivity index (χ1) is 9.63. The zero-order valence-corrected chi connectivity index (χ0v) is 11.1. The molecule has 0 saturated heterocycles. The van der Waals surface area contributed by atoms with E-state index in [1.165, 1.54) is 12.1 Å². The number of benzene rings is 1. The maximum Gasteiger partial charge on any atom is 0.242 e. The van der Waals surface area contributed by atoms with E-state index in [0.717, 1.165) is 12.8 Å². The van der Waals surface area contributed by atoms with Crippen LogP contribution < -0.4 is 10.9 Å². The van der Waals surface area contributed by atoms with Crippen molar-refractivity contribution in [2.24, 2.45) is 5.92 Å². The Bertz CT molecular complexity index is 511. The Kier molecular flexibility index (Phi) is 4.87. The van der Waals surface area contributed by atoms with E-state index in [-0.39, 0.29) is 30.0 Å². The monoisotopic (exact) mass is 276 g/mol. The predicted molar refractivity (Wildman–Crippen MR) is 72.9 cm³/mol. The number of rotatable bonds is 4. The SMILES string of the molecule is O=C(Cc1ccc(F)cc1)NNC(=O)C[C@@H]1C=CCC1. The molecule has 2 N–H and O–H groups in total. The molecule has 1 atom stereocenters. The molecule has 0 bridgehead atoms. The number of amides is 2. The van der Waals surface area contributed by atoms with E-state index < -0.39 is 0 Å². The van der Waals surface area contributed by atoms with Crippen LogP contribution in [0.5, 0.6) is 0 Å². The molecule has 4 nitrogen and oxygen atoms in total.